The highest BCUT2D eigenvalue weighted by Gasteiger charge is 2.13. The summed E-state index contributed by atoms with van der Waals surface area (Å²) in [5.74, 6) is 1.07. The number of hydrogen-bond acceptors (Lipinski definition) is 5. The number of guanidine groups is 1. The summed E-state index contributed by atoms with van der Waals surface area (Å²) in [7, 11) is 3.08. The van der Waals surface area contributed by atoms with Crippen molar-refractivity contribution < 1.29 is 14.3 Å². The summed E-state index contributed by atoms with van der Waals surface area (Å²) in [6, 6.07) is 14.8. The van der Waals surface area contributed by atoms with Crippen molar-refractivity contribution >= 4 is 17.6 Å². The summed E-state index contributed by atoms with van der Waals surface area (Å²) in [4.78, 5) is 21.5. The van der Waals surface area contributed by atoms with Crippen LogP contribution in [0.15, 0.2) is 65.9 Å². The van der Waals surface area contributed by atoms with Gasteiger partial charge in [0.2, 0.25) is 5.96 Å². The quantitative estimate of drug-likeness (QED) is 0.465. The standard InChI is InChI=1S/C24H26N4O3/c1-16-11-17(2)13-20(12-16)27-24(26-15-18-7-9-25-10-8-18)28-23(29)19-5-6-21(30-3)22(14-19)31-4/h5-14H,15H2,1-4H3,(H2,26,27,28,29). The third-order valence-corrected chi connectivity index (χ3v) is 4.53. The van der Waals surface area contributed by atoms with E-state index in [9.17, 15) is 4.79 Å². The van der Waals surface area contributed by atoms with Gasteiger partial charge in [-0.1, -0.05) is 6.07 Å². The summed E-state index contributed by atoms with van der Waals surface area (Å²) in [6.45, 7) is 4.43. The van der Waals surface area contributed by atoms with Crippen molar-refractivity contribution in [2.24, 2.45) is 4.99 Å². The second-order valence-electron chi connectivity index (χ2n) is 7.05. The molecule has 0 fully saturated rings. The first-order valence-electron chi connectivity index (χ1n) is 9.80. The predicted octanol–water partition coefficient (Wildman–Crippen LogP) is 4.11. The summed E-state index contributed by atoms with van der Waals surface area (Å²) in [5, 5.41) is 6.10. The van der Waals surface area contributed by atoms with Crippen molar-refractivity contribution in [2.45, 2.75) is 20.4 Å². The summed E-state index contributed by atoms with van der Waals surface area (Å²) in [6.07, 6.45) is 3.42. The topological polar surface area (TPSA) is 84.8 Å². The Hall–Kier alpha value is -3.87. The van der Waals surface area contributed by atoms with E-state index in [-0.39, 0.29) is 5.91 Å². The second-order valence-corrected chi connectivity index (χ2v) is 7.05. The van der Waals surface area contributed by atoms with Crippen LogP contribution in [0.4, 0.5) is 5.69 Å². The molecule has 0 atom stereocenters. The van der Waals surface area contributed by atoms with E-state index in [1.807, 2.05) is 38.1 Å². The molecule has 31 heavy (non-hydrogen) atoms. The fourth-order valence-corrected chi connectivity index (χ4v) is 3.11. The fourth-order valence-electron chi connectivity index (χ4n) is 3.11. The first-order valence-corrected chi connectivity index (χ1v) is 9.80. The summed E-state index contributed by atoms with van der Waals surface area (Å²) in [5.41, 5.74) is 4.48. The number of nitrogens with zero attached hydrogens (tertiary/aromatic N) is 2. The van der Waals surface area contributed by atoms with E-state index in [1.165, 1.54) is 7.11 Å². The molecule has 2 N–H and O–H groups in total. The Morgan fingerprint density at radius 1 is 0.935 bits per heavy atom. The highest BCUT2D eigenvalue weighted by Crippen LogP contribution is 2.27. The molecule has 0 bridgehead atoms. The zero-order valence-electron chi connectivity index (χ0n) is 18.1. The maximum atomic E-state index is 12.9. The first kappa shape index (κ1) is 21.8. The van der Waals surface area contributed by atoms with Crippen LogP contribution in [0.5, 0.6) is 11.5 Å². The molecule has 7 nitrogen and oxygen atoms in total. The van der Waals surface area contributed by atoms with E-state index in [0.29, 0.717) is 29.6 Å². The van der Waals surface area contributed by atoms with Crippen LogP contribution < -0.4 is 20.1 Å². The molecular weight excluding hydrogens is 392 g/mol. The third-order valence-electron chi connectivity index (χ3n) is 4.53. The molecule has 3 rings (SSSR count). The molecule has 2 aromatic carbocycles. The highest BCUT2D eigenvalue weighted by molar-refractivity contribution is 6.10. The smallest absolute Gasteiger partial charge is 0.258 e. The van der Waals surface area contributed by atoms with Crippen molar-refractivity contribution in [3.63, 3.8) is 0 Å². The van der Waals surface area contributed by atoms with Crippen LogP contribution in [0.1, 0.15) is 27.0 Å². The summed E-state index contributed by atoms with van der Waals surface area (Å²) < 4.78 is 10.5. The average Bonchev–Trinajstić information content (AvgIpc) is 2.77. The number of anilines is 1. The molecule has 0 radical (unpaired) electrons. The molecule has 0 unspecified atom stereocenters. The number of carbonyl (C=O) groups excluding carboxylic acids is 1. The minimum Gasteiger partial charge on any atom is -0.493 e. The van der Waals surface area contributed by atoms with E-state index >= 15 is 0 Å². The van der Waals surface area contributed by atoms with Gasteiger partial charge in [0.15, 0.2) is 11.5 Å². The molecular formula is C24H26N4O3. The Labute approximate surface area is 182 Å². The number of aromatic nitrogens is 1. The SMILES string of the molecule is COc1ccc(C(=O)NC(=NCc2ccncc2)Nc2cc(C)cc(C)c2)cc1OC. The van der Waals surface area contributed by atoms with E-state index < -0.39 is 0 Å². The van der Waals surface area contributed by atoms with Crippen molar-refractivity contribution in [1.82, 2.24) is 10.3 Å². The van der Waals surface area contributed by atoms with E-state index in [1.54, 1.807) is 37.7 Å². The number of amides is 1. The number of rotatable bonds is 6. The molecule has 160 valence electrons. The zero-order chi connectivity index (χ0) is 22.2. The van der Waals surface area contributed by atoms with E-state index in [4.69, 9.17) is 9.47 Å². The van der Waals surface area contributed by atoms with Gasteiger partial charge in [0, 0.05) is 23.6 Å². The number of aryl methyl sites for hydroxylation is 2. The van der Waals surface area contributed by atoms with Crippen LogP contribution in [-0.4, -0.2) is 31.1 Å². The Kier molecular flexibility index (Phi) is 7.22. The highest BCUT2D eigenvalue weighted by atomic mass is 16.5. The van der Waals surface area contributed by atoms with Crippen LogP contribution in [0, 0.1) is 13.8 Å². The normalized spacial score (nSPS) is 11.0. The van der Waals surface area contributed by atoms with Crippen LogP contribution in [0.2, 0.25) is 0 Å². The van der Waals surface area contributed by atoms with Crippen LogP contribution in [0.3, 0.4) is 0 Å². The molecule has 0 saturated heterocycles. The van der Waals surface area contributed by atoms with Crippen LogP contribution in [0.25, 0.3) is 0 Å². The maximum absolute atomic E-state index is 12.9. The number of carbonyl (C=O) groups is 1. The van der Waals surface area contributed by atoms with Crippen molar-refractivity contribution in [3.8, 4) is 11.5 Å². The number of nitrogens with one attached hydrogen (secondary N) is 2. The van der Waals surface area contributed by atoms with Gasteiger partial charge in [-0.25, -0.2) is 4.99 Å². The molecule has 0 spiro atoms. The number of hydrogen-bond donors (Lipinski definition) is 2. The van der Waals surface area contributed by atoms with Gasteiger partial charge in [-0.3, -0.25) is 15.1 Å². The minimum atomic E-state index is -0.314. The van der Waals surface area contributed by atoms with E-state index in [2.05, 4.69) is 26.7 Å². The van der Waals surface area contributed by atoms with Crippen molar-refractivity contribution in [2.75, 3.05) is 19.5 Å². The van der Waals surface area contributed by atoms with Crippen LogP contribution in [-0.2, 0) is 6.54 Å². The van der Waals surface area contributed by atoms with Crippen LogP contribution >= 0.6 is 0 Å². The zero-order valence-corrected chi connectivity index (χ0v) is 18.1. The molecule has 1 amide bonds. The lowest BCUT2D eigenvalue weighted by Crippen LogP contribution is -2.36. The molecule has 1 aromatic heterocycles. The van der Waals surface area contributed by atoms with Gasteiger partial charge in [-0.15, -0.1) is 0 Å². The molecule has 7 heteroatoms. The Balaban J connectivity index is 1.85. The molecule has 0 saturated carbocycles. The predicted molar refractivity (Wildman–Crippen MR) is 122 cm³/mol. The lowest BCUT2D eigenvalue weighted by Gasteiger charge is -2.14. The lowest BCUT2D eigenvalue weighted by atomic mass is 10.1. The third kappa shape index (κ3) is 6.05. The monoisotopic (exact) mass is 418 g/mol. The van der Waals surface area contributed by atoms with Gasteiger partial charge in [-0.05, 0) is 73.0 Å². The number of benzene rings is 2. The van der Waals surface area contributed by atoms with Gasteiger partial charge in [-0.2, -0.15) is 0 Å². The first-order chi connectivity index (χ1) is 15.0. The Morgan fingerprint density at radius 2 is 1.61 bits per heavy atom. The Bertz CT molecular complexity index is 1060. The molecule has 3 aromatic rings. The van der Waals surface area contributed by atoms with Crippen molar-refractivity contribution in [3.05, 3.63) is 83.2 Å². The van der Waals surface area contributed by atoms with Gasteiger partial charge in [0.05, 0.1) is 20.8 Å². The molecule has 0 aliphatic carbocycles. The van der Waals surface area contributed by atoms with Gasteiger partial charge in [0.25, 0.3) is 5.91 Å². The molecule has 0 aliphatic rings. The Morgan fingerprint density at radius 3 is 2.26 bits per heavy atom. The van der Waals surface area contributed by atoms with Gasteiger partial charge >= 0.3 is 0 Å². The largest absolute Gasteiger partial charge is 0.493 e. The number of pyridine rings is 1. The van der Waals surface area contributed by atoms with Gasteiger partial charge in [0.1, 0.15) is 0 Å². The average molecular weight is 418 g/mol. The van der Waals surface area contributed by atoms with Gasteiger partial charge < -0.3 is 14.8 Å². The lowest BCUT2D eigenvalue weighted by molar-refractivity contribution is 0.0976. The number of methoxy groups -OCH3 is 2. The second kappa shape index (κ2) is 10.2. The minimum absolute atomic E-state index is 0.314. The fraction of sp³-hybridized carbons (Fsp3) is 0.208. The van der Waals surface area contributed by atoms with E-state index in [0.717, 1.165) is 22.4 Å². The van der Waals surface area contributed by atoms with Crippen molar-refractivity contribution in [1.29, 1.82) is 0 Å². The maximum Gasteiger partial charge on any atom is 0.258 e. The number of ether oxygens (including phenoxy) is 2. The summed E-state index contributed by atoms with van der Waals surface area (Å²) >= 11 is 0. The number of aliphatic imine (C=N–C) groups is 1. The molecule has 1 heterocycles. The molecule has 0 aliphatic heterocycles.